The fourth-order valence-electron chi connectivity index (χ4n) is 3.39. The van der Waals surface area contributed by atoms with Gasteiger partial charge in [-0.3, -0.25) is 9.59 Å². The Bertz CT molecular complexity index is 719. The molecule has 2 fully saturated rings. The number of amides is 2. The fraction of sp³-hybridized carbons (Fsp3) is 0.750. The van der Waals surface area contributed by atoms with Crippen LogP contribution < -0.4 is 5.73 Å². The number of halogens is 3. The van der Waals surface area contributed by atoms with Crippen molar-refractivity contribution in [3.05, 3.63) is 5.01 Å². The molecule has 2 amide bonds. The van der Waals surface area contributed by atoms with Crippen molar-refractivity contribution in [2.45, 2.75) is 51.2 Å². The number of carbonyl (C=O) groups excluding carboxylic acids is 2. The van der Waals surface area contributed by atoms with Gasteiger partial charge in [0, 0.05) is 44.9 Å². The van der Waals surface area contributed by atoms with Gasteiger partial charge in [-0.15, -0.1) is 10.2 Å². The molecule has 11 heteroatoms. The van der Waals surface area contributed by atoms with Crippen LogP contribution in [0.15, 0.2) is 0 Å². The van der Waals surface area contributed by atoms with E-state index in [-0.39, 0.29) is 44.3 Å². The van der Waals surface area contributed by atoms with Gasteiger partial charge in [0.25, 0.3) is 0 Å². The van der Waals surface area contributed by atoms with Gasteiger partial charge in [0.2, 0.25) is 16.9 Å². The lowest BCUT2D eigenvalue weighted by atomic mass is 10.0. The van der Waals surface area contributed by atoms with E-state index in [9.17, 15) is 22.8 Å². The van der Waals surface area contributed by atoms with Crippen molar-refractivity contribution in [3.8, 4) is 0 Å². The number of nitrogen functional groups attached to an aromatic ring is 1. The fourth-order valence-corrected chi connectivity index (χ4v) is 4.00. The molecule has 1 aromatic rings. The van der Waals surface area contributed by atoms with Crippen LogP contribution in [0.5, 0.6) is 0 Å². The summed E-state index contributed by atoms with van der Waals surface area (Å²) >= 11 is 1.23. The van der Waals surface area contributed by atoms with Gasteiger partial charge in [-0.25, -0.2) is 0 Å². The average molecular weight is 405 g/mol. The van der Waals surface area contributed by atoms with Gasteiger partial charge in [0.05, 0.1) is 5.41 Å². The first-order chi connectivity index (χ1) is 12.6. The van der Waals surface area contributed by atoms with E-state index < -0.39 is 23.9 Å². The van der Waals surface area contributed by atoms with E-state index in [2.05, 4.69) is 10.2 Å². The zero-order valence-corrected chi connectivity index (χ0v) is 15.8. The van der Waals surface area contributed by atoms with E-state index in [1.54, 1.807) is 11.8 Å². The van der Waals surface area contributed by atoms with Gasteiger partial charge in [-0.05, 0) is 19.8 Å². The summed E-state index contributed by atoms with van der Waals surface area (Å²) in [7, 11) is 0. The Morgan fingerprint density at radius 3 is 2.48 bits per heavy atom. The second-order valence-corrected chi connectivity index (χ2v) is 8.36. The monoisotopic (exact) mass is 405 g/mol. The minimum atomic E-state index is -4.33. The van der Waals surface area contributed by atoms with Crippen molar-refractivity contribution in [1.82, 2.24) is 20.0 Å². The van der Waals surface area contributed by atoms with Gasteiger partial charge in [-0.1, -0.05) is 11.3 Å². The number of carbonyl (C=O) groups is 2. The molecule has 1 aliphatic carbocycles. The molecule has 2 N–H and O–H groups in total. The first kappa shape index (κ1) is 19.8. The number of alkyl halides is 3. The molecular weight excluding hydrogens is 383 g/mol. The quantitative estimate of drug-likeness (QED) is 0.807. The zero-order chi connectivity index (χ0) is 19.8. The lowest BCUT2D eigenvalue weighted by molar-refractivity contribution is -0.192. The predicted octanol–water partition coefficient (Wildman–Crippen LogP) is 1.84. The third kappa shape index (κ3) is 4.33. The number of hydrogen-bond acceptors (Lipinski definition) is 6. The molecule has 1 unspecified atom stereocenters. The maximum atomic E-state index is 13.1. The smallest absolute Gasteiger partial charge is 0.374 e. The van der Waals surface area contributed by atoms with E-state index in [0.29, 0.717) is 23.1 Å². The van der Waals surface area contributed by atoms with Crippen molar-refractivity contribution in [1.29, 1.82) is 0 Å². The molecule has 0 aromatic carbocycles. The molecule has 3 rings (SSSR count). The topological polar surface area (TPSA) is 92.4 Å². The van der Waals surface area contributed by atoms with Crippen LogP contribution >= 0.6 is 11.3 Å². The molecule has 1 saturated carbocycles. The average Bonchev–Trinajstić information content (AvgIpc) is 3.26. The maximum absolute atomic E-state index is 13.1. The Hall–Kier alpha value is -1.91. The molecule has 7 nitrogen and oxygen atoms in total. The maximum Gasteiger partial charge on any atom is 0.395 e. The van der Waals surface area contributed by atoms with E-state index in [1.165, 1.54) is 16.2 Å². The molecule has 1 atom stereocenters. The highest BCUT2D eigenvalue weighted by Crippen LogP contribution is 2.60. The molecule has 150 valence electrons. The van der Waals surface area contributed by atoms with Crippen LogP contribution in [-0.2, 0) is 16.0 Å². The SMILES string of the molecule is CC1CN(C(=O)CC2(C(F)(F)F)CC2)CCN1C(=O)CCc1nnc(N)s1. The Labute approximate surface area is 158 Å². The molecule has 2 aliphatic rings. The van der Waals surface area contributed by atoms with Gasteiger partial charge in [-0.2, -0.15) is 13.2 Å². The Morgan fingerprint density at radius 1 is 1.26 bits per heavy atom. The van der Waals surface area contributed by atoms with Crippen LogP contribution in [0.3, 0.4) is 0 Å². The second kappa shape index (κ2) is 7.25. The standard InChI is InChI=1S/C16H22F3N5O2S/c1-10-9-23(13(26)8-15(4-5-15)16(17,18)19)6-7-24(10)12(25)3-2-11-21-22-14(20)27-11/h10H,2-9H2,1H3,(H2,20,22). The second-order valence-electron chi connectivity index (χ2n) is 7.26. The first-order valence-electron chi connectivity index (χ1n) is 8.83. The van der Waals surface area contributed by atoms with Crippen LogP contribution in [0.25, 0.3) is 0 Å². The van der Waals surface area contributed by atoms with Gasteiger partial charge < -0.3 is 15.5 Å². The van der Waals surface area contributed by atoms with Gasteiger partial charge in [0.1, 0.15) is 5.01 Å². The zero-order valence-electron chi connectivity index (χ0n) is 15.0. The predicted molar refractivity (Wildman–Crippen MR) is 92.7 cm³/mol. The van der Waals surface area contributed by atoms with E-state index in [1.807, 2.05) is 0 Å². The summed E-state index contributed by atoms with van der Waals surface area (Å²) in [6.45, 7) is 2.64. The lowest BCUT2D eigenvalue weighted by Gasteiger charge is -2.40. The largest absolute Gasteiger partial charge is 0.395 e. The molecule has 1 aliphatic heterocycles. The van der Waals surface area contributed by atoms with Crippen molar-refractivity contribution < 1.29 is 22.8 Å². The Kier molecular flexibility index (Phi) is 5.33. The van der Waals surface area contributed by atoms with Crippen LogP contribution in [0.1, 0.15) is 37.6 Å². The number of piperazine rings is 1. The Morgan fingerprint density at radius 2 is 1.96 bits per heavy atom. The van der Waals surface area contributed by atoms with Crippen molar-refractivity contribution in [2.75, 3.05) is 25.4 Å². The number of rotatable bonds is 5. The van der Waals surface area contributed by atoms with Gasteiger partial charge in [0.15, 0.2) is 0 Å². The number of aromatic nitrogens is 2. The third-order valence-corrected chi connectivity index (χ3v) is 6.09. The minimum Gasteiger partial charge on any atom is -0.374 e. The summed E-state index contributed by atoms with van der Waals surface area (Å²) in [4.78, 5) is 27.9. The van der Waals surface area contributed by atoms with Crippen LogP contribution in [0.2, 0.25) is 0 Å². The summed E-state index contributed by atoms with van der Waals surface area (Å²) in [6.07, 6.45) is -4.09. The van der Waals surface area contributed by atoms with Crippen LogP contribution in [-0.4, -0.2) is 63.7 Å². The van der Waals surface area contributed by atoms with Crippen molar-refractivity contribution >= 4 is 28.3 Å². The summed E-state index contributed by atoms with van der Waals surface area (Å²) < 4.78 is 39.2. The summed E-state index contributed by atoms with van der Waals surface area (Å²) in [5.41, 5.74) is 3.68. The molecule has 1 saturated heterocycles. The Balaban J connectivity index is 1.50. The van der Waals surface area contributed by atoms with E-state index in [4.69, 9.17) is 5.73 Å². The van der Waals surface area contributed by atoms with Gasteiger partial charge >= 0.3 is 6.18 Å². The molecule has 0 spiro atoms. The number of nitrogens with two attached hydrogens (primary N) is 1. The summed E-state index contributed by atoms with van der Waals surface area (Å²) in [5.74, 6) is -0.551. The third-order valence-electron chi connectivity index (χ3n) is 5.28. The molecule has 0 bridgehead atoms. The molecule has 2 heterocycles. The van der Waals surface area contributed by atoms with Crippen molar-refractivity contribution in [2.24, 2.45) is 5.41 Å². The number of anilines is 1. The van der Waals surface area contributed by atoms with Crippen molar-refractivity contribution in [3.63, 3.8) is 0 Å². The highest BCUT2D eigenvalue weighted by atomic mass is 32.1. The highest BCUT2D eigenvalue weighted by molar-refractivity contribution is 7.15. The van der Waals surface area contributed by atoms with Crippen LogP contribution in [0, 0.1) is 5.41 Å². The number of hydrogen-bond donors (Lipinski definition) is 1. The normalized spacial score (nSPS) is 22.0. The van der Waals surface area contributed by atoms with E-state index >= 15 is 0 Å². The summed E-state index contributed by atoms with van der Waals surface area (Å²) in [6, 6.07) is -0.240. The lowest BCUT2D eigenvalue weighted by Crippen LogP contribution is -2.56. The van der Waals surface area contributed by atoms with E-state index in [0.717, 1.165) is 0 Å². The molecule has 1 aromatic heterocycles. The number of aryl methyl sites for hydroxylation is 1. The van der Waals surface area contributed by atoms with Crippen LogP contribution in [0.4, 0.5) is 18.3 Å². The first-order valence-corrected chi connectivity index (χ1v) is 9.65. The summed E-state index contributed by atoms with van der Waals surface area (Å²) in [5, 5.41) is 8.61. The highest BCUT2D eigenvalue weighted by Gasteiger charge is 2.64. The molecule has 0 radical (unpaired) electrons. The molecular formula is C16H22F3N5O2S. The minimum absolute atomic E-state index is 0.0202. The number of nitrogens with zero attached hydrogens (tertiary/aromatic N) is 4. The molecule has 27 heavy (non-hydrogen) atoms.